The summed E-state index contributed by atoms with van der Waals surface area (Å²) < 4.78 is 11.2. The molecule has 0 aromatic rings. The van der Waals surface area contributed by atoms with E-state index in [-0.39, 0.29) is 17.5 Å². The van der Waals surface area contributed by atoms with Crippen molar-refractivity contribution in [1.82, 2.24) is 4.90 Å². The zero-order valence-electron chi connectivity index (χ0n) is 13.0. The van der Waals surface area contributed by atoms with Gasteiger partial charge in [0.2, 0.25) is 0 Å². The molecule has 0 aromatic carbocycles. The van der Waals surface area contributed by atoms with E-state index in [9.17, 15) is 4.79 Å². The number of esters is 1. The SMILES string of the molecule is CC1(C)C2CCC1(C)C(OC(=O)CN1CCOCC1)C2. The maximum Gasteiger partial charge on any atom is 0.320 e. The molecule has 0 aromatic heterocycles. The first kappa shape index (κ1) is 14.3. The summed E-state index contributed by atoms with van der Waals surface area (Å²) in [4.78, 5) is 14.3. The Bertz CT molecular complexity index is 389. The van der Waals surface area contributed by atoms with E-state index in [1.165, 1.54) is 12.8 Å². The molecule has 3 unspecified atom stereocenters. The van der Waals surface area contributed by atoms with E-state index in [1.807, 2.05) is 0 Å². The summed E-state index contributed by atoms with van der Waals surface area (Å²) >= 11 is 0. The molecule has 2 saturated carbocycles. The Kier molecular flexibility index (Phi) is 3.57. The topological polar surface area (TPSA) is 38.8 Å². The molecule has 3 atom stereocenters. The van der Waals surface area contributed by atoms with Gasteiger partial charge in [0.25, 0.3) is 0 Å². The number of fused-ring (bicyclic) bond motifs is 2. The van der Waals surface area contributed by atoms with Gasteiger partial charge in [-0.2, -0.15) is 0 Å². The van der Waals surface area contributed by atoms with Crippen molar-refractivity contribution in [2.24, 2.45) is 16.7 Å². The third-order valence-corrected chi connectivity index (χ3v) is 6.44. The van der Waals surface area contributed by atoms with Crippen LogP contribution in [0.25, 0.3) is 0 Å². The molecule has 2 aliphatic carbocycles. The van der Waals surface area contributed by atoms with Gasteiger partial charge in [0.15, 0.2) is 0 Å². The Morgan fingerprint density at radius 3 is 2.55 bits per heavy atom. The summed E-state index contributed by atoms with van der Waals surface area (Å²) in [5.41, 5.74) is 0.468. The van der Waals surface area contributed by atoms with Gasteiger partial charge in [-0.3, -0.25) is 9.69 Å². The van der Waals surface area contributed by atoms with Crippen LogP contribution in [0.1, 0.15) is 40.0 Å². The maximum absolute atomic E-state index is 12.2. The Balaban J connectivity index is 1.57. The minimum atomic E-state index is -0.0542. The van der Waals surface area contributed by atoms with Crippen molar-refractivity contribution in [2.45, 2.75) is 46.1 Å². The van der Waals surface area contributed by atoms with E-state index in [0.717, 1.165) is 32.7 Å². The van der Waals surface area contributed by atoms with E-state index in [1.54, 1.807) is 0 Å². The van der Waals surface area contributed by atoms with Crippen LogP contribution in [-0.4, -0.2) is 49.8 Å². The van der Waals surface area contributed by atoms with Crippen LogP contribution < -0.4 is 0 Å². The molecule has 1 saturated heterocycles. The standard InChI is InChI=1S/C16H27NO3/c1-15(2)12-4-5-16(15,3)13(10-12)20-14(18)11-17-6-8-19-9-7-17/h12-13H,4-11H2,1-3H3. The van der Waals surface area contributed by atoms with Gasteiger partial charge in [-0.25, -0.2) is 0 Å². The number of hydrogen-bond acceptors (Lipinski definition) is 4. The monoisotopic (exact) mass is 281 g/mol. The quantitative estimate of drug-likeness (QED) is 0.742. The normalized spacial score (nSPS) is 40.0. The van der Waals surface area contributed by atoms with Crippen LogP contribution in [0.15, 0.2) is 0 Å². The molecule has 1 aliphatic heterocycles. The van der Waals surface area contributed by atoms with Gasteiger partial charge in [-0.05, 0) is 30.6 Å². The summed E-state index contributed by atoms with van der Waals surface area (Å²) in [6.45, 7) is 10.6. The zero-order valence-corrected chi connectivity index (χ0v) is 13.0. The number of morpholine rings is 1. The maximum atomic E-state index is 12.2. The second kappa shape index (κ2) is 4.99. The largest absolute Gasteiger partial charge is 0.461 e. The smallest absolute Gasteiger partial charge is 0.320 e. The average molecular weight is 281 g/mol. The first-order valence-corrected chi connectivity index (χ1v) is 7.93. The van der Waals surface area contributed by atoms with Crippen molar-refractivity contribution in [1.29, 1.82) is 0 Å². The second-order valence-corrected chi connectivity index (χ2v) is 7.48. The molecule has 20 heavy (non-hydrogen) atoms. The lowest BCUT2D eigenvalue weighted by atomic mass is 9.70. The van der Waals surface area contributed by atoms with E-state index < -0.39 is 0 Å². The van der Waals surface area contributed by atoms with Crippen LogP contribution in [0.4, 0.5) is 0 Å². The average Bonchev–Trinajstić information content (AvgIpc) is 2.73. The van der Waals surface area contributed by atoms with Crippen molar-refractivity contribution in [3.63, 3.8) is 0 Å². The van der Waals surface area contributed by atoms with Crippen LogP contribution in [0.2, 0.25) is 0 Å². The highest BCUT2D eigenvalue weighted by Gasteiger charge is 2.62. The molecule has 0 amide bonds. The van der Waals surface area contributed by atoms with Crippen molar-refractivity contribution >= 4 is 5.97 Å². The fraction of sp³-hybridized carbons (Fsp3) is 0.938. The van der Waals surface area contributed by atoms with Gasteiger partial charge < -0.3 is 9.47 Å². The molecule has 1 heterocycles. The minimum Gasteiger partial charge on any atom is -0.461 e. The van der Waals surface area contributed by atoms with E-state index >= 15 is 0 Å². The van der Waals surface area contributed by atoms with Crippen LogP contribution >= 0.6 is 0 Å². The van der Waals surface area contributed by atoms with Gasteiger partial charge in [-0.1, -0.05) is 20.8 Å². The Labute approximate surface area is 121 Å². The van der Waals surface area contributed by atoms with Gasteiger partial charge in [0.1, 0.15) is 6.10 Å². The first-order chi connectivity index (χ1) is 9.43. The number of nitrogens with zero attached hydrogens (tertiary/aromatic N) is 1. The first-order valence-electron chi connectivity index (χ1n) is 7.93. The van der Waals surface area contributed by atoms with E-state index in [2.05, 4.69) is 25.7 Å². The minimum absolute atomic E-state index is 0.0542. The highest BCUT2D eigenvalue weighted by molar-refractivity contribution is 5.72. The Hall–Kier alpha value is -0.610. The predicted molar refractivity (Wildman–Crippen MR) is 76.4 cm³/mol. The molecule has 0 N–H and O–H groups in total. The molecular weight excluding hydrogens is 254 g/mol. The molecule has 2 bridgehead atoms. The molecule has 4 heteroatoms. The number of carbonyl (C=O) groups excluding carboxylic acids is 1. The van der Waals surface area contributed by atoms with E-state index in [0.29, 0.717) is 17.9 Å². The summed E-state index contributed by atoms with van der Waals surface area (Å²) in [5.74, 6) is 0.662. The second-order valence-electron chi connectivity index (χ2n) is 7.48. The van der Waals surface area contributed by atoms with Crippen LogP contribution in [0.5, 0.6) is 0 Å². The predicted octanol–water partition coefficient (Wildman–Crippen LogP) is 2.08. The lowest BCUT2D eigenvalue weighted by Crippen LogP contribution is -2.43. The lowest BCUT2D eigenvalue weighted by Gasteiger charge is -2.38. The van der Waals surface area contributed by atoms with Crippen molar-refractivity contribution in [3.8, 4) is 0 Å². The molecular formula is C16H27NO3. The highest BCUT2D eigenvalue weighted by atomic mass is 16.5. The van der Waals surface area contributed by atoms with Gasteiger partial charge in [0, 0.05) is 18.5 Å². The number of ether oxygens (including phenoxy) is 2. The summed E-state index contributed by atoms with van der Waals surface area (Å²) in [7, 11) is 0. The van der Waals surface area contributed by atoms with Crippen LogP contribution in [0, 0.1) is 16.7 Å². The highest BCUT2D eigenvalue weighted by Crippen LogP contribution is 2.66. The van der Waals surface area contributed by atoms with Crippen LogP contribution in [-0.2, 0) is 14.3 Å². The summed E-state index contributed by atoms with van der Waals surface area (Å²) in [5, 5.41) is 0. The summed E-state index contributed by atoms with van der Waals surface area (Å²) in [6, 6.07) is 0. The Morgan fingerprint density at radius 2 is 2.00 bits per heavy atom. The number of carbonyl (C=O) groups is 1. The van der Waals surface area contributed by atoms with Gasteiger partial charge in [0.05, 0.1) is 19.8 Å². The fourth-order valence-electron chi connectivity index (χ4n) is 4.45. The third-order valence-electron chi connectivity index (χ3n) is 6.44. The molecule has 114 valence electrons. The van der Waals surface area contributed by atoms with Gasteiger partial charge in [-0.15, -0.1) is 0 Å². The van der Waals surface area contributed by atoms with Crippen molar-refractivity contribution < 1.29 is 14.3 Å². The van der Waals surface area contributed by atoms with Gasteiger partial charge >= 0.3 is 5.97 Å². The van der Waals surface area contributed by atoms with E-state index in [4.69, 9.17) is 9.47 Å². The third kappa shape index (κ3) is 2.17. The van der Waals surface area contributed by atoms with Crippen molar-refractivity contribution in [2.75, 3.05) is 32.8 Å². The zero-order chi connectivity index (χ0) is 14.4. The molecule has 3 fully saturated rings. The number of hydrogen-bond donors (Lipinski definition) is 0. The fourth-order valence-corrected chi connectivity index (χ4v) is 4.45. The molecule has 4 nitrogen and oxygen atoms in total. The Morgan fingerprint density at radius 1 is 1.30 bits per heavy atom. The lowest BCUT2D eigenvalue weighted by molar-refractivity contribution is -0.159. The van der Waals surface area contributed by atoms with Crippen molar-refractivity contribution in [3.05, 3.63) is 0 Å². The van der Waals surface area contributed by atoms with Crippen LogP contribution in [0.3, 0.4) is 0 Å². The summed E-state index contributed by atoms with van der Waals surface area (Å²) in [6.07, 6.45) is 3.66. The number of rotatable bonds is 3. The molecule has 3 aliphatic rings. The molecule has 3 rings (SSSR count). The molecule has 0 spiro atoms. The molecule has 0 radical (unpaired) electrons.